The van der Waals surface area contributed by atoms with Gasteiger partial charge < -0.3 is 10.2 Å². The molecule has 1 saturated carbocycles. The van der Waals surface area contributed by atoms with E-state index in [2.05, 4.69) is 21.2 Å². The molecule has 2 saturated heterocycles. The Kier molecular flexibility index (Phi) is 6.55. The van der Waals surface area contributed by atoms with Crippen molar-refractivity contribution in [2.45, 2.75) is 38.6 Å². The maximum absolute atomic E-state index is 13.5. The summed E-state index contributed by atoms with van der Waals surface area (Å²) < 4.78 is 0.909. The van der Waals surface area contributed by atoms with Crippen LogP contribution in [0.25, 0.3) is 6.08 Å². The molecule has 2 aromatic rings. The number of amides is 2. The summed E-state index contributed by atoms with van der Waals surface area (Å²) in [5, 5.41) is 3.97. The Hall–Kier alpha value is -2.90. The van der Waals surface area contributed by atoms with E-state index in [9.17, 15) is 14.4 Å². The van der Waals surface area contributed by atoms with Gasteiger partial charge in [-0.25, -0.2) is 4.90 Å². The summed E-state index contributed by atoms with van der Waals surface area (Å²) in [6.07, 6.45) is 3.93. The number of anilines is 1. The lowest BCUT2D eigenvalue weighted by atomic mass is 10.1. The van der Waals surface area contributed by atoms with Crippen molar-refractivity contribution in [3.05, 3.63) is 80.1 Å². The summed E-state index contributed by atoms with van der Waals surface area (Å²) in [7, 11) is 0. The maximum atomic E-state index is 13.5. The second-order valence-corrected chi connectivity index (χ2v) is 10.3. The van der Waals surface area contributed by atoms with Gasteiger partial charge >= 0.3 is 0 Å². The van der Waals surface area contributed by atoms with E-state index >= 15 is 0 Å². The van der Waals surface area contributed by atoms with E-state index in [0.717, 1.165) is 21.2 Å². The summed E-state index contributed by atoms with van der Waals surface area (Å²) in [4.78, 5) is 43.1. The predicted octanol–water partition coefficient (Wildman–Crippen LogP) is 4.86. The van der Waals surface area contributed by atoms with Crippen LogP contribution in [0.2, 0.25) is 5.02 Å². The van der Waals surface area contributed by atoms with Gasteiger partial charge in [0.15, 0.2) is 5.78 Å². The van der Waals surface area contributed by atoms with Crippen molar-refractivity contribution in [1.82, 2.24) is 10.2 Å². The Balaban J connectivity index is 1.42. The molecule has 1 N–H and O–H groups in total. The number of nitrogens with zero attached hydrogens (tertiary/aromatic N) is 2. The van der Waals surface area contributed by atoms with Gasteiger partial charge in [0.05, 0.1) is 12.1 Å². The minimum Gasteiger partial charge on any atom is -0.370 e. The Bertz CT molecular complexity index is 1290. The number of carbonyl (C=O) groups excluding carboxylic acids is 3. The van der Waals surface area contributed by atoms with Crippen molar-refractivity contribution in [3.8, 4) is 0 Å². The van der Waals surface area contributed by atoms with Gasteiger partial charge in [-0.3, -0.25) is 14.4 Å². The van der Waals surface area contributed by atoms with Crippen molar-refractivity contribution in [2.24, 2.45) is 0 Å². The zero-order valence-corrected chi connectivity index (χ0v) is 21.7. The van der Waals surface area contributed by atoms with Crippen LogP contribution in [0.1, 0.15) is 37.3 Å². The van der Waals surface area contributed by atoms with E-state index < -0.39 is 6.04 Å². The van der Waals surface area contributed by atoms with Crippen molar-refractivity contribution in [3.63, 3.8) is 0 Å². The van der Waals surface area contributed by atoms with Gasteiger partial charge in [-0.15, -0.1) is 0 Å². The first-order valence-electron chi connectivity index (χ1n) is 11.8. The van der Waals surface area contributed by atoms with Gasteiger partial charge in [-0.2, -0.15) is 0 Å². The number of halogens is 2. The van der Waals surface area contributed by atoms with Crippen molar-refractivity contribution >= 4 is 56.9 Å². The van der Waals surface area contributed by atoms with E-state index in [0.29, 0.717) is 54.5 Å². The lowest BCUT2D eigenvalue weighted by molar-refractivity contribution is -0.122. The third-order valence-corrected chi connectivity index (χ3v) is 7.55. The molecule has 2 aromatic carbocycles. The maximum Gasteiger partial charge on any atom is 0.257 e. The molecule has 35 heavy (non-hydrogen) atoms. The van der Waals surface area contributed by atoms with E-state index in [1.807, 2.05) is 48.2 Å². The molecule has 3 aliphatic rings. The van der Waals surface area contributed by atoms with Crippen LogP contribution in [0.3, 0.4) is 0 Å². The number of benzene rings is 2. The first-order chi connectivity index (χ1) is 16.9. The summed E-state index contributed by atoms with van der Waals surface area (Å²) in [5.74, 6) is 0.226. The van der Waals surface area contributed by atoms with Crippen LogP contribution in [0, 0.1) is 0 Å². The number of hydrogen-bond donors (Lipinski definition) is 1. The fourth-order valence-corrected chi connectivity index (χ4v) is 5.61. The molecular weight excluding hydrogens is 530 g/mol. The number of aryl methyl sites for hydroxylation is 1. The second kappa shape index (κ2) is 9.63. The highest BCUT2D eigenvalue weighted by molar-refractivity contribution is 9.10. The van der Waals surface area contributed by atoms with Crippen LogP contribution < -0.4 is 10.2 Å². The fraction of sp³-hybridized carbons (Fsp3) is 0.296. The van der Waals surface area contributed by atoms with Gasteiger partial charge in [0.25, 0.3) is 5.91 Å². The minimum absolute atomic E-state index is 0.0100. The number of nitrogens with one attached hydrogen (secondary N) is 1. The van der Waals surface area contributed by atoms with Crippen LogP contribution in [0.15, 0.2) is 63.9 Å². The lowest BCUT2D eigenvalue weighted by Crippen LogP contribution is -2.41. The number of rotatable bonds is 4. The second-order valence-electron chi connectivity index (χ2n) is 8.91. The number of imide groups is 1. The number of ketones is 1. The normalized spacial score (nSPS) is 23.7. The number of hydrogen-bond acceptors (Lipinski definition) is 5. The summed E-state index contributed by atoms with van der Waals surface area (Å²) in [6.45, 7) is 3.20. The molecule has 0 bridgehead atoms. The predicted molar refractivity (Wildman–Crippen MR) is 140 cm³/mol. The summed E-state index contributed by atoms with van der Waals surface area (Å²) in [6, 6.07) is 12.4. The van der Waals surface area contributed by atoms with Crippen molar-refractivity contribution in [1.29, 1.82) is 0 Å². The monoisotopic (exact) mass is 553 g/mol. The van der Waals surface area contributed by atoms with Crippen LogP contribution >= 0.6 is 27.5 Å². The molecule has 8 heteroatoms. The molecule has 0 aromatic heterocycles. The topological polar surface area (TPSA) is 69.7 Å². The average molecular weight is 555 g/mol. The van der Waals surface area contributed by atoms with Gasteiger partial charge in [0.1, 0.15) is 11.9 Å². The van der Waals surface area contributed by atoms with Gasteiger partial charge in [0.2, 0.25) is 5.91 Å². The van der Waals surface area contributed by atoms with E-state index in [-0.39, 0.29) is 24.0 Å². The minimum atomic E-state index is -0.620. The van der Waals surface area contributed by atoms with E-state index in [1.54, 1.807) is 12.1 Å². The SMILES string of the molecule is CCc1cc(Br)ccc1N1C(=O)C[C@@H](N2CCNC2=C2CC/C(=C/c3ccc(Cl)cc3)C2=O)C1=O. The Morgan fingerprint density at radius 3 is 2.63 bits per heavy atom. The number of Topliss-reactive ketones (excluding diaryl/α,β-unsaturated/α-hetero) is 1. The molecule has 2 heterocycles. The Morgan fingerprint density at radius 2 is 1.89 bits per heavy atom. The molecule has 2 aliphatic heterocycles. The third kappa shape index (κ3) is 4.43. The van der Waals surface area contributed by atoms with Crippen LogP contribution in [-0.2, 0) is 20.8 Å². The quantitative estimate of drug-likeness (QED) is 0.432. The van der Waals surface area contributed by atoms with Gasteiger partial charge in [-0.05, 0) is 66.8 Å². The molecule has 3 fully saturated rings. The average Bonchev–Trinajstić information content (AvgIpc) is 3.53. The molecule has 0 radical (unpaired) electrons. The zero-order valence-electron chi connectivity index (χ0n) is 19.3. The highest BCUT2D eigenvalue weighted by atomic mass is 79.9. The lowest BCUT2D eigenvalue weighted by Gasteiger charge is -2.26. The van der Waals surface area contributed by atoms with Crippen LogP contribution in [-0.4, -0.2) is 41.6 Å². The molecule has 5 rings (SSSR count). The molecule has 0 unspecified atom stereocenters. The van der Waals surface area contributed by atoms with Crippen molar-refractivity contribution < 1.29 is 14.4 Å². The highest BCUT2D eigenvalue weighted by Crippen LogP contribution is 2.36. The molecule has 1 aliphatic carbocycles. The third-order valence-electron chi connectivity index (χ3n) is 6.80. The smallest absolute Gasteiger partial charge is 0.257 e. The molecule has 180 valence electrons. The number of allylic oxidation sites excluding steroid dienone is 2. The molecule has 0 spiro atoms. The number of carbonyl (C=O) groups is 3. The summed E-state index contributed by atoms with van der Waals surface area (Å²) in [5.41, 5.74) is 3.91. The zero-order chi connectivity index (χ0) is 24.7. The Labute approximate surface area is 217 Å². The highest BCUT2D eigenvalue weighted by Gasteiger charge is 2.46. The first-order valence-corrected chi connectivity index (χ1v) is 12.9. The largest absolute Gasteiger partial charge is 0.370 e. The van der Waals surface area contributed by atoms with Crippen LogP contribution in [0.4, 0.5) is 5.69 Å². The first kappa shape index (κ1) is 23.8. The van der Waals surface area contributed by atoms with Crippen molar-refractivity contribution in [2.75, 3.05) is 18.0 Å². The van der Waals surface area contributed by atoms with Gasteiger partial charge in [-0.1, -0.05) is 46.6 Å². The van der Waals surface area contributed by atoms with Crippen LogP contribution in [0.5, 0.6) is 0 Å². The molecule has 1 atom stereocenters. The molecule has 2 amide bonds. The van der Waals surface area contributed by atoms with E-state index in [1.165, 1.54) is 4.90 Å². The standard InChI is InChI=1S/C27H25BrClN3O3/c1-2-17-14-19(28)6-10-22(17)32-24(33)15-23(27(32)35)31-12-11-30-26(31)21-9-5-18(25(21)34)13-16-3-7-20(29)8-4-16/h3-4,6-8,10,13-14,23,30H,2,5,9,11-12,15H2,1H3/b18-13-,26-21?/t23-/m1/s1. The molecular formula is C27H25BrClN3O3. The summed E-state index contributed by atoms with van der Waals surface area (Å²) >= 11 is 9.44. The van der Waals surface area contributed by atoms with E-state index in [4.69, 9.17) is 11.6 Å². The molecule has 6 nitrogen and oxygen atoms in total. The van der Waals surface area contributed by atoms with Gasteiger partial charge in [0, 0.05) is 33.7 Å². The fourth-order valence-electron chi connectivity index (χ4n) is 5.07. The Morgan fingerprint density at radius 1 is 1.11 bits per heavy atom.